The van der Waals surface area contributed by atoms with Crippen LogP contribution in [0, 0.1) is 0 Å². The molecule has 0 spiro atoms. The first-order valence-electron chi connectivity index (χ1n) is 10.1. The van der Waals surface area contributed by atoms with E-state index in [1.807, 2.05) is 54.3 Å². The second kappa shape index (κ2) is 9.52. The lowest BCUT2D eigenvalue weighted by molar-refractivity contribution is -0.121. The largest absolute Gasteiger partial charge is 0.325 e. The summed E-state index contributed by atoms with van der Waals surface area (Å²) in [6.45, 7) is 5.76. The van der Waals surface area contributed by atoms with Gasteiger partial charge < -0.3 is 5.32 Å². The van der Waals surface area contributed by atoms with Crippen LogP contribution >= 0.6 is 0 Å². The first kappa shape index (κ1) is 21.5. The molecule has 1 heterocycles. The lowest BCUT2D eigenvalue weighted by Crippen LogP contribution is -2.53. The first-order chi connectivity index (χ1) is 13.9. The maximum atomic E-state index is 12.9. The molecule has 0 aromatic heterocycles. The minimum Gasteiger partial charge on any atom is -0.325 e. The van der Waals surface area contributed by atoms with E-state index in [1.165, 1.54) is 4.31 Å². The van der Waals surface area contributed by atoms with Gasteiger partial charge in [-0.3, -0.25) is 9.69 Å². The zero-order valence-electron chi connectivity index (χ0n) is 17.0. The quantitative estimate of drug-likeness (QED) is 0.755. The molecule has 0 aliphatic carbocycles. The monoisotopic (exact) mass is 415 g/mol. The number of carbonyl (C=O) groups is 1. The van der Waals surface area contributed by atoms with E-state index >= 15 is 0 Å². The molecular formula is C22H29N3O3S. The van der Waals surface area contributed by atoms with E-state index in [1.54, 1.807) is 12.1 Å². The van der Waals surface area contributed by atoms with Crippen LogP contribution in [0.15, 0.2) is 59.5 Å². The van der Waals surface area contributed by atoms with Crippen LogP contribution in [0.3, 0.4) is 0 Å². The average molecular weight is 416 g/mol. The highest BCUT2D eigenvalue weighted by Gasteiger charge is 2.31. The Morgan fingerprint density at radius 1 is 1.00 bits per heavy atom. The smallest absolute Gasteiger partial charge is 0.243 e. The third-order valence-electron chi connectivity index (χ3n) is 5.34. The van der Waals surface area contributed by atoms with E-state index in [-0.39, 0.29) is 11.9 Å². The topological polar surface area (TPSA) is 69.7 Å². The molecule has 1 aliphatic rings. The van der Waals surface area contributed by atoms with E-state index in [0.29, 0.717) is 31.1 Å². The van der Waals surface area contributed by atoms with Crippen molar-refractivity contribution in [2.24, 2.45) is 0 Å². The number of anilines is 1. The van der Waals surface area contributed by atoms with E-state index < -0.39 is 10.0 Å². The summed E-state index contributed by atoms with van der Waals surface area (Å²) in [5.41, 5.74) is 1.91. The molecule has 1 aliphatic heterocycles. The molecule has 0 radical (unpaired) electrons. The Balaban J connectivity index is 1.58. The first-order valence-corrected chi connectivity index (χ1v) is 11.5. The predicted molar refractivity (Wildman–Crippen MR) is 115 cm³/mol. The van der Waals surface area contributed by atoms with Crippen LogP contribution in [0.5, 0.6) is 0 Å². The van der Waals surface area contributed by atoms with Gasteiger partial charge in [-0.15, -0.1) is 0 Å². The molecule has 1 fully saturated rings. The van der Waals surface area contributed by atoms with Crippen LogP contribution in [-0.2, 0) is 21.2 Å². The molecule has 3 rings (SSSR count). The van der Waals surface area contributed by atoms with Crippen LogP contribution in [0.1, 0.15) is 25.8 Å². The summed E-state index contributed by atoms with van der Waals surface area (Å²) in [5, 5.41) is 2.91. The van der Waals surface area contributed by atoms with Gasteiger partial charge in [-0.2, -0.15) is 4.31 Å². The molecule has 0 saturated carbocycles. The van der Waals surface area contributed by atoms with Crippen molar-refractivity contribution in [3.63, 3.8) is 0 Å². The molecule has 1 N–H and O–H groups in total. The lowest BCUT2D eigenvalue weighted by atomic mass is 10.1. The number of piperazine rings is 1. The Morgan fingerprint density at radius 3 is 2.21 bits per heavy atom. The Labute approximate surface area is 173 Å². The fraction of sp³-hybridized carbons (Fsp3) is 0.409. The van der Waals surface area contributed by atoms with Gasteiger partial charge in [0.15, 0.2) is 0 Å². The molecule has 1 amide bonds. The SMILES string of the molecule is CCCc1ccc(S(=O)(=O)N2CCN([C@H](C)C(=O)Nc3ccccc3)CC2)cc1. The fourth-order valence-electron chi connectivity index (χ4n) is 3.53. The highest BCUT2D eigenvalue weighted by atomic mass is 32.2. The van der Waals surface area contributed by atoms with Crippen molar-refractivity contribution in [2.75, 3.05) is 31.5 Å². The molecule has 2 aromatic carbocycles. The summed E-state index contributed by atoms with van der Waals surface area (Å²) < 4.78 is 27.4. The van der Waals surface area contributed by atoms with Gasteiger partial charge in [0.25, 0.3) is 0 Å². The molecule has 1 saturated heterocycles. The minimum atomic E-state index is -3.51. The number of benzene rings is 2. The number of hydrogen-bond acceptors (Lipinski definition) is 4. The van der Waals surface area contributed by atoms with Crippen molar-refractivity contribution < 1.29 is 13.2 Å². The third kappa shape index (κ3) is 5.23. The summed E-state index contributed by atoms with van der Waals surface area (Å²) in [4.78, 5) is 14.9. The van der Waals surface area contributed by atoms with Gasteiger partial charge >= 0.3 is 0 Å². The fourth-order valence-corrected chi connectivity index (χ4v) is 4.95. The van der Waals surface area contributed by atoms with Crippen molar-refractivity contribution >= 4 is 21.6 Å². The van der Waals surface area contributed by atoms with E-state index in [4.69, 9.17) is 0 Å². The van der Waals surface area contributed by atoms with Crippen LogP contribution in [0.25, 0.3) is 0 Å². The molecule has 29 heavy (non-hydrogen) atoms. The Kier molecular flexibility index (Phi) is 7.05. The molecule has 6 nitrogen and oxygen atoms in total. The standard InChI is InChI=1S/C22H29N3O3S/c1-3-7-19-10-12-21(13-11-19)29(27,28)25-16-14-24(15-17-25)18(2)22(26)23-20-8-5-4-6-9-20/h4-6,8-13,18H,3,7,14-17H2,1-2H3,(H,23,26)/t18-/m1/s1. The number of hydrogen-bond donors (Lipinski definition) is 1. The Bertz CT molecular complexity index is 906. The number of aryl methyl sites for hydroxylation is 1. The summed E-state index contributed by atoms with van der Waals surface area (Å²) in [5.74, 6) is -0.0842. The molecule has 1 atom stereocenters. The number of amides is 1. The number of sulfonamides is 1. The van der Waals surface area contributed by atoms with Crippen molar-refractivity contribution in [2.45, 2.75) is 37.6 Å². The number of para-hydroxylation sites is 1. The third-order valence-corrected chi connectivity index (χ3v) is 7.25. The van der Waals surface area contributed by atoms with Gasteiger partial charge in [0.05, 0.1) is 10.9 Å². The van der Waals surface area contributed by atoms with Crippen LogP contribution in [0.4, 0.5) is 5.69 Å². The Hall–Kier alpha value is -2.22. The molecule has 2 aromatic rings. The molecular weight excluding hydrogens is 386 g/mol. The minimum absolute atomic E-state index is 0.0842. The number of rotatable bonds is 7. The average Bonchev–Trinajstić information content (AvgIpc) is 2.74. The maximum absolute atomic E-state index is 12.9. The predicted octanol–water partition coefficient (Wildman–Crippen LogP) is 2.97. The van der Waals surface area contributed by atoms with E-state index in [9.17, 15) is 13.2 Å². The highest BCUT2D eigenvalue weighted by molar-refractivity contribution is 7.89. The zero-order chi connectivity index (χ0) is 20.9. The van der Waals surface area contributed by atoms with Crippen molar-refractivity contribution in [3.05, 3.63) is 60.2 Å². The summed E-state index contributed by atoms with van der Waals surface area (Å²) in [6, 6.07) is 16.2. The molecule has 0 bridgehead atoms. The second-order valence-corrected chi connectivity index (χ2v) is 9.30. The van der Waals surface area contributed by atoms with Crippen molar-refractivity contribution in [3.8, 4) is 0 Å². The zero-order valence-corrected chi connectivity index (χ0v) is 17.9. The van der Waals surface area contributed by atoms with Crippen LogP contribution in [0.2, 0.25) is 0 Å². The van der Waals surface area contributed by atoms with Gasteiger partial charge in [0.2, 0.25) is 15.9 Å². The second-order valence-electron chi connectivity index (χ2n) is 7.37. The van der Waals surface area contributed by atoms with E-state index in [2.05, 4.69) is 12.2 Å². The van der Waals surface area contributed by atoms with Crippen molar-refractivity contribution in [1.82, 2.24) is 9.21 Å². The van der Waals surface area contributed by atoms with Gasteiger partial charge in [0.1, 0.15) is 0 Å². The number of nitrogens with one attached hydrogen (secondary N) is 1. The van der Waals surface area contributed by atoms with Crippen LogP contribution in [-0.4, -0.2) is 55.8 Å². The number of carbonyl (C=O) groups excluding carboxylic acids is 1. The van der Waals surface area contributed by atoms with Gasteiger partial charge in [-0.05, 0) is 43.2 Å². The van der Waals surface area contributed by atoms with Gasteiger partial charge in [0, 0.05) is 31.9 Å². The molecule has 7 heteroatoms. The molecule has 0 unspecified atom stereocenters. The van der Waals surface area contributed by atoms with Gasteiger partial charge in [-0.25, -0.2) is 8.42 Å². The van der Waals surface area contributed by atoms with Crippen molar-refractivity contribution in [1.29, 1.82) is 0 Å². The Morgan fingerprint density at radius 2 is 1.62 bits per heavy atom. The summed E-state index contributed by atoms with van der Waals surface area (Å²) >= 11 is 0. The number of nitrogens with zero attached hydrogens (tertiary/aromatic N) is 2. The summed E-state index contributed by atoms with van der Waals surface area (Å²) in [6.07, 6.45) is 1.98. The van der Waals surface area contributed by atoms with Crippen LogP contribution < -0.4 is 5.32 Å². The van der Waals surface area contributed by atoms with E-state index in [0.717, 1.165) is 24.1 Å². The van der Waals surface area contributed by atoms with Gasteiger partial charge in [-0.1, -0.05) is 43.7 Å². The normalized spacial score (nSPS) is 17.0. The highest BCUT2D eigenvalue weighted by Crippen LogP contribution is 2.20. The maximum Gasteiger partial charge on any atom is 0.243 e. The lowest BCUT2D eigenvalue weighted by Gasteiger charge is -2.36. The summed E-state index contributed by atoms with van der Waals surface area (Å²) in [7, 11) is -3.51. The molecule has 156 valence electrons.